The van der Waals surface area contributed by atoms with Crippen LogP contribution in [0.1, 0.15) is 18.9 Å². The van der Waals surface area contributed by atoms with Crippen LogP contribution in [0.5, 0.6) is 0 Å². The van der Waals surface area contributed by atoms with Gasteiger partial charge in [-0.05, 0) is 35.1 Å². The average Bonchev–Trinajstić information content (AvgIpc) is 2.85. The highest BCUT2D eigenvalue weighted by Gasteiger charge is 2.29. The smallest absolute Gasteiger partial charge is 0.0755 e. The third-order valence-electron chi connectivity index (χ3n) is 4.20. The summed E-state index contributed by atoms with van der Waals surface area (Å²) in [5, 5.41) is 2.60. The van der Waals surface area contributed by atoms with E-state index in [1.165, 1.54) is 16.3 Å². The molecule has 0 spiro atoms. The van der Waals surface area contributed by atoms with Crippen molar-refractivity contribution >= 4 is 10.8 Å². The van der Waals surface area contributed by atoms with E-state index in [2.05, 4.69) is 49.4 Å². The minimum Gasteiger partial charge on any atom is -0.376 e. The van der Waals surface area contributed by atoms with E-state index < -0.39 is 0 Å². The van der Waals surface area contributed by atoms with E-state index in [1.807, 2.05) is 0 Å². The Morgan fingerprint density at radius 3 is 2.79 bits per heavy atom. The molecular weight excluding hydrogens is 234 g/mol. The summed E-state index contributed by atoms with van der Waals surface area (Å²) in [5.41, 5.74) is 7.69. The predicted octanol–water partition coefficient (Wildman–Crippen LogP) is 3.13. The van der Waals surface area contributed by atoms with Crippen molar-refractivity contribution < 1.29 is 4.74 Å². The number of ether oxygens (including phenoxy) is 1. The van der Waals surface area contributed by atoms with Crippen LogP contribution in [-0.2, 0) is 11.2 Å². The zero-order valence-corrected chi connectivity index (χ0v) is 11.4. The first kappa shape index (κ1) is 12.6. The Labute approximate surface area is 114 Å². The highest BCUT2D eigenvalue weighted by molar-refractivity contribution is 5.85. The van der Waals surface area contributed by atoms with Crippen LogP contribution in [0.4, 0.5) is 0 Å². The van der Waals surface area contributed by atoms with E-state index in [0.29, 0.717) is 5.92 Å². The van der Waals surface area contributed by atoms with Crippen molar-refractivity contribution in [3.8, 4) is 0 Å². The van der Waals surface area contributed by atoms with Gasteiger partial charge in [0, 0.05) is 12.6 Å². The Morgan fingerprint density at radius 2 is 2.00 bits per heavy atom. The van der Waals surface area contributed by atoms with Crippen molar-refractivity contribution in [2.24, 2.45) is 11.7 Å². The van der Waals surface area contributed by atoms with Crippen LogP contribution in [-0.4, -0.2) is 18.8 Å². The molecule has 1 fully saturated rings. The molecule has 3 rings (SSSR count). The SMILES string of the molecule is CC1CCOC1C(N)Cc1cccc2ccccc12. The number of nitrogens with two attached hydrogens (primary N) is 1. The van der Waals surface area contributed by atoms with E-state index in [9.17, 15) is 0 Å². The fourth-order valence-electron chi connectivity index (χ4n) is 3.10. The van der Waals surface area contributed by atoms with Gasteiger partial charge in [0.2, 0.25) is 0 Å². The molecule has 2 heteroatoms. The molecule has 0 bridgehead atoms. The summed E-state index contributed by atoms with van der Waals surface area (Å²) in [6, 6.07) is 15.0. The molecule has 1 heterocycles. The van der Waals surface area contributed by atoms with E-state index >= 15 is 0 Å². The summed E-state index contributed by atoms with van der Waals surface area (Å²) in [5.74, 6) is 0.574. The van der Waals surface area contributed by atoms with Gasteiger partial charge in [0.05, 0.1) is 6.10 Å². The Bertz CT molecular complexity index is 561. The van der Waals surface area contributed by atoms with Gasteiger partial charge in [0.1, 0.15) is 0 Å². The average molecular weight is 255 g/mol. The predicted molar refractivity (Wildman–Crippen MR) is 79.1 cm³/mol. The van der Waals surface area contributed by atoms with Crippen LogP contribution in [0.25, 0.3) is 10.8 Å². The van der Waals surface area contributed by atoms with E-state index in [-0.39, 0.29) is 12.1 Å². The first-order valence-corrected chi connectivity index (χ1v) is 7.09. The topological polar surface area (TPSA) is 35.2 Å². The Morgan fingerprint density at radius 1 is 1.21 bits per heavy atom. The highest BCUT2D eigenvalue weighted by atomic mass is 16.5. The molecule has 19 heavy (non-hydrogen) atoms. The molecule has 1 saturated heterocycles. The maximum Gasteiger partial charge on any atom is 0.0755 e. The van der Waals surface area contributed by atoms with Crippen molar-refractivity contribution in [2.45, 2.75) is 31.9 Å². The molecule has 3 atom stereocenters. The van der Waals surface area contributed by atoms with Crippen LogP contribution in [0, 0.1) is 5.92 Å². The Balaban J connectivity index is 1.85. The number of benzene rings is 2. The molecule has 0 aliphatic carbocycles. The van der Waals surface area contributed by atoms with E-state index in [0.717, 1.165) is 19.4 Å². The number of fused-ring (bicyclic) bond motifs is 1. The van der Waals surface area contributed by atoms with Crippen molar-refractivity contribution in [3.63, 3.8) is 0 Å². The molecule has 0 aromatic heterocycles. The Kier molecular flexibility index (Phi) is 3.54. The molecule has 100 valence electrons. The van der Waals surface area contributed by atoms with Gasteiger partial charge in [0.15, 0.2) is 0 Å². The van der Waals surface area contributed by atoms with Gasteiger partial charge in [0.25, 0.3) is 0 Å². The van der Waals surface area contributed by atoms with Gasteiger partial charge in [-0.15, -0.1) is 0 Å². The van der Waals surface area contributed by atoms with Crippen molar-refractivity contribution in [1.29, 1.82) is 0 Å². The van der Waals surface area contributed by atoms with Crippen LogP contribution >= 0.6 is 0 Å². The molecule has 3 unspecified atom stereocenters. The molecule has 2 aromatic carbocycles. The second kappa shape index (κ2) is 5.32. The van der Waals surface area contributed by atoms with Gasteiger partial charge in [-0.2, -0.15) is 0 Å². The lowest BCUT2D eigenvalue weighted by Crippen LogP contribution is -2.39. The zero-order valence-electron chi connectivity index (χ0n) is 11.4. The second-order valence-corrected chi connectivity index (χ2v) is 5.61. The quantitative estimate of drug-likeness (QED) is 0.914. The largest absolute Gasteiger partial charge is 0.376 e. The lowest BCUT2D eigenvalue weighted by atomic mass is 9.91. The molecule has 0 amide bonds. The van der Waals surface area contributed by atoms with Gasteiger partial charge >= 0.3 is 0 Å². The maximum atomic E-state index is 6.37. The summed E-state index contributed by atoms with van der Waals surface area (Å²) >= 11 is 0. The standard InChI is InChI=1S/C17H21NO/c1-12-9-10-19-17(12)16(18)11-14-7-4-6-13-5-2-3-8-15(13)14/h2-8,12,16-17H,9-11,18H2,1H3. The summed E-state index contributed by atoms with van der Waals surface area (Å²) in [4.78, 5) is 0. The summed E-state index contributed by atoms with van der Waals surface area (Å²) in [6.07, 6.45) is 2.23. The van der Waals surface area contributed by atoms with Crippen molar-refractivity contribution in [3.05, 3.63) is 48.0 Å². The molecule has 2 nitrogen and oxygen atoms in total. The van der Waals surface area contributed by atoms with Gasteiger partial charge < -0.3 is 10.5 Å². The van der Waals surface area contributed by atoms with Crippen molar-refractivity contribution in [1.82, 2.24) is 0 Å². The minimum absolute atomic E-state index is 0.0864. The maximum absolute atomic E-state index is 6.37. The second-order valence-electron chi connectivity index (χ2n) is 5.61. The fourth-order valence-corrected chi connectivity index (χ4v) is 3.10. The molecule has 2 aromatic rings. The first-order valence-electron chi connectivity index (χ1n) is 7.09. The summed E-state index contributed by atoms with van der Waals surface area (Å²) in [7, 11) is 0. The van der Waals surface area contributed by atoms with E-state index in [4.69, 9.17) is 10.5 Å². The van der Waals surface area contributed by atoms with Gasteiger partial charge in [-0.25, -0.2) is 0 Å². The summed E-state index contributed by atoms with van der Waals surface area (Å²) < 4.78 is 5.79. The molecular formula is C17H21NO. The van der Waals surface area contributed by atoms with E-state index in [1.54, 1.807) is 0 Å². The third kappa shape index (κ3) is 2.51. The van der Waals surface area contributed by atoms with Crippen LogP contribution in [0.2, 0.25) is 0 Å². The zero-order chi connectivity index (χ0) is 13.2. The first-order chi connectivity index (χ1) is 9.25. The highest BCUT2D eigenvalue weighted by Crippen LogP contribution is 2.26. The molecule has 1 aliphatic heterocycles. The lowest BCUT2D eigenvalue weighted by Gasteiger charge is -2.23. The molecule has 2 N–H and O–H groups in total. The van der Waals surface area contributed by atoms with Crippen LogP contribution in [0.3, 0.4) is 0 Å². The number of hydrogen-bond acceptors (Lipinski definition) is 2. The molecule has 0 saturated carbocycles. The van der Waals surface area contributed by atoms with Crippen LogP contribution < -0.4 is 5.73 Å². The van der Waals surface area contributed by atoms with Crippen LogP contribution in [0.15, 0.2) is 42.5 Å². The minimum atomic E-state index is 0.0864. The van der Waals surface area contributed by atoms with Gasteiger partial charge in [-0.1, -0.05) is 49.4 Å². The molecule has 1 aliphatic rings. The third-order valence-corrected chi connectivity index (χ3v) is 4.20. The Hall–Kier alpha value is -1.38. The monoisotopic (exact) mass is 255 g/mol. The lowest BCUT2D eigenvalue weighted by molar-refractivity contribution is 0.0727. The molecule has 0 radical (unpaired) electrons. The fraction of sp³-hybridized carbons (Fsp3) is 0.412. The summed E-state index contributed by atoms with van der Waals surface area (Å²) in [6.45, 7) is 3.09. The normalized spacial score (nSPS) is 24.7. The van der Waals surface area contributed by atoms with Crippen molar-refractivity contribution in [2.75, 3.05) is 6.61 Å². The van der Waals surface area contributed by atoms with Gasteiger partial charge in [-0.3, -0.25) is 0 Å². The number of hydrogen-bond donors (Lipinski definition) is 1. The number of rotatable bonds is 3.